The summed E-state index contributed by atoms with van der Waals surface area (Å²) in [7, 11) is 0. The van der Waals surface area contributed by atoms with Gasteiger partial charge in [0.25, 0.3) is 0 Å². The minimum atomic E-state index is -1.09. The number of ether oxygens (including phenoxy) is 1. The summed E-state index contributed by atoms with van der Waals surface area (Å²) in [6.07, 6.45) is 6.87. The SMILES string of the molecule is CCCCCCCC(C)OC(=O)CCC(N)C(=O)O. The number of nitrogens with two attached hydrogens (primary N) is 1. The van der Waals surface area contributed by atoms with Gasteiger partial charge in [-0.3, -0.25) is 9.59 Å². The van der Waals surface area contributed by atoms with E-state index in [4.69, 9.17) is 15.6 Å². The van der Waals surface area contributed by atoms with E-state index in [0.717, 1.165) is 12.8 Å². The molecule has 0 fully saturated rings. The maximum absolute atomic E-state index is 11.4. The van der Waals surface area contributed by atoms with Crippen molar-refractivity contribution >= 4 is 11.9 Å². The second-order valence-electron chi connectivity index (χ2n) is 4.99. The molecule has 0 spiro atoms. The van der Waals surface area contributed by atoms with Gasteiger partial charge in [0.2, 0.25) is 0 Å². The number of aliphatic carboxylic acids is 1. The van der Waals surface area contributed by atoms with Crippen LogP contribution in [0.15, 0.2) is 0 Å². The molecule has 0 aliphatic rings. The summed E-state index contributed by atoms with van der Waals surface area (Å²) >= 11 is 0. The van der Waals surface area contributed by atoms with Gasteiger partial charge in [0.15, 0.2) is 0 Å². The lowest BCUT2D eigenvalue weighted by molar-refractivity contribution is -0.149. The highest BCUT2D eigenvalue weighted by molar-refractivity contribution is 5.75. The fourth-order valence-electron chi connectivity index (χ4n) is 1.77. The van der Waals surface area contributed by atoms with E-state index in [9.17, 15) is 9.59 Å². The fourth-order valence-corrected chi connectivity index (χ4v) is 1.77. The van der Waals surface area contributed by atoms with E-state index in [-0.39, 0.29) is 24.9 Å². The molecular weight excluding hydrogens is 246 g/mol. The van der Waals surface area contributed by atoms with E-state index in [0.29, 0.717) is 0 Å². The van der Waals surface area contributed by atoms with Crippen LogP contribution in [0.3, 0.4) is 0 Å². The van der Waals surface area contributed by atoms with Crippen LogP contribution in [0, 0.1) is 0 Å². The molecule has 5 nitrogen and oxygen atoms in total. The summed E-state index contributed by atoms with van der Waals surface area (Å²) in [4.78, 5) is 21.9. The summed E-state index contributed by atoms with van der Waals surface area (Å²) in [5.41, 5.74) is 5.31. The average Bonchev–Trinajstić information content (AvgIpc) is 2.35. The van der Waals surface area contributed by atoms with E-state index < -0.39 is 12.0 Å². The van der Waals surface area contributed by atoms with Gasteiger partial charge < -0.3 is 15.6 Å². The van der Waals surface area contributed by atoms with Crippen LogP contribution in [0.5, 0.6) is 0 Å². The highest BCUT2D eigenvalue weighted by Gasteiger charge is 2.15. The average molecular weight is 273 g/mol. The zero-order valence-corrected chi connectivity index (χ0v) is 12.1. The Kier molecular flexibility index (Phi) is 10.2. The molecule has 0 bridgehead atoms. The Morgan fingerprint density at radius 3 is 2.37 bits per heavy atom. The van der Waals surface area contributed by atoms with Crippen LogP contribution in [0.25, 0.3) is 0 Å². The van der Waals surface area contributed by atoms with Crippen molar-refractivity contribution in [1.29, 1.82) is 0 Å². The largest absolute Gasteiger partial charge is 0.480 e. The van der Waals surface area contributed by atoms with Crippen molar-refractivity contribution in [3.63, 3.8) is 0 Å². The number of carbonyl (C=O) groups is 2. The molecule has 0 aliphatic carbocycles. The lowest BCUT2D eigenvalue weighted by atomic mass is 10.1. The number of carbonyl (C=O) groups excluding carboxylic acids is 1. The second-order valence-corrected chi connectivity index (χ2v) is 4.99. The van der Waals surface area contributed by atoms with Gasteiger partial charge in [-0.25, -0.2) is 0 Å². The zero-order chi connectivity index (χ0) is 14.7. The van der Waals surface area contributed by atoms with Gasteiger partial charge in [0.05, 0.1) is 6.10 Å². The van der Waals surface area contributed by atoms with Crippen LogP contribution in [0.1, 0.15) is 65.2 Å². The Hall–Kier alpha value is -1.10. The van der Waals surface area contributed by atoms with Crippen molar-refractivity contribution in [3.8, 4) is 0 Å². The fraction of sp³-hybridized carbons (Fsp3) is 0.857. The number of hydrogen-bond acceptors (Lipinski definition) is 4. The molecule has 0 aromatic rings. The van der Waals surface area contributed by atoms with E-state index in [1.165, 1.54) is 25.7 Å². The molecule has 0 rings (SSSR count). The summed E-state index contributed by atoms with van der Waals surface area (Å²) in [6.45, 7) is 4.04. The van der Waals surface area contributed by atoms with Gasteiger partial charge in [0, 0.05) is 6.42 Å². The molecule has 0 heterocycles. The Bertz CT molecular complexity index is 268. The lowest BCUT2D eigenvalue weighted by Gasteiger charge is -2.13. The highest BCUT2D eigenvalue weighted by Crippen LogP contribution is 2.10. The lowest BCUT2D eigenvalue weighted by Crippen LogP contribution is -2.31. The second kappa shape index (κ2) is 10.8. The third-order valence-electron chi connectivity index (χ3n) is 3.02. The molecule has 2 atom stereocenters. The monoisotopic (exact) mass is 273 g/mol. The molecule has 112 valence electrons. The predicted molar refractivity (Wildman–Crippen MR) is 73.8 cm³/mol. The topological polar surface area (TPSA) is 89.6 Å². The number of esters is 1. The van der Waals surface area contributed by atoms with E-state index in [1.807, 2.05) is 6.92 Å². The predicted octanol–water partition coefficient (Wildman–Crippen LogP) is 2.47. The first-order valence-electron chi connectivity index (χ1n) is 7.15. The minimum Gasteiger partial charge on any atom is -0.480 e. The van der Waals surface area contributed by atoms with Crippen LogP contribution >= 0.6 is 0 Å². The first-order chi connectivity index (χ1) is 8.97. The van der Waals surface area contributed by atoms with Crippen LogP contribution in [0.2, 0.25) is 0 Å². The normalized spacial score (nSPS) is 13.8. The van der Waals surface area contributed by atoms with Gasteiger partial charge in [0.1, 0.15) is 6.04 Å². The molecule has 0 aromatic carbocycles. The molecule has 0 saturated heterocycles. The first kappa shape index (κ1) is 17.9. The van der Waals surface area contributed by atoms with E-state index in [2.05, 4.69) is 6.92 Å². The van der Waals surface area contributed by atoms with Crippen LogP contribution < -0.4 is 5.73 Å². The first-order valence-corrected chi connectivity index (χ1v) is 7.15. The molecule has 0 aliphatic heterocycles. The van der Waals surface area contributed by atoms with Gasteiger partial charge in [-0.1, -0.05) is 32.6 Å². The maximum atomic E-state index is 11.4. The van der Waals surface area contributed by atoms with Crippen LogP contribution in [0.4, 0.5) is 0 Å². The molecule has 0 saturated carbocycles. The summed E-state index contributed by atoms with van der Waals surface area (Å²) in [6, 6.07) is -0.989. The number of carboxylic acid groups (broad SMARTS) is 1. The Balaban J connectivity index is 3.60. The van der Waals surface area contributed by atoms with Gasteiger partial charge in [-0.15, -0.1) is 0 Å². The molecule has 5 heteroatoms. The molecular formula is C14H27NO4. The Morgan fingerprint density at radius 1 is 1.16 bits per heavy atom. The van der Waals surface area contributed by atoms with Crippen molar-refractivity contribution in [2.75, 3.05) is 0 Å². The third kappa shape index (κ3) is 10.5. The summed E-state index contributed by atoms with van der Waals surface area (Å²) < 4.78 is 5.20. The number of carboxylic acids is 1. The standard InChI is InChI=1S/C14H27NO4/c1-3-4-5-6-7-8-11(2)19-13(16)10-9-12(15)14(17)18/h11-12H,3-10,15H2,1-2H3,(H,17,18). The van der Waals surface area contributed by atoms with Crippen molar-refractivity contribution < 1.29 is 19.4 Å². The molecule has 3 N–H and O–H groups in total. The van der Waals surface area contributed by atoms with Gasteiger partial charge in [-0.2, -0.15) is 0 Å². The Morgan fingerprint density at radius 2 is 1.79 bits per heavy atom. The van der Waals surface area contributed by atoms with Crippen LogP contribution in [-0.4, -0.2) is 29.2 Å². The maximum Gasteiger partial charge on any atom is 0.320 e. The number of unbranched alkanes of at least 4 members (excludes halogenated alkanes) is 4. The van der Waals surface area contributed by atoms with E-state index >= 15 is 0 Å². The third-order valence-corrected chi connectivity index (χ3v) is 3.02. The van der Waals surface area contributed by atoms with E-state index in [1.54, 1.807) is 0 Å². The summed E-state index contributed by atoms with van der Waals surface area (Å²) in [5.74, 6) is -1.45. The highest BCUT2D eigenvalue weighted by atomic mass is 16.5. The van der Waals surface area contributed by atoms with Crippen molar-refractivity contribution in [3.05, 3.63) is 0 Å². The minimum absolute atomic E-state index is 0.0631. The summed E-state index contributed by atoms with van der Waals surface area (Å²) in [5, 5.41) is 8.59. The van der Waals surface area contributed by atoms with Crippen molar-refractivity contribution in [2.24, 2.45) is 5.73 Å². The number of rotatable bonds is 11. The molecule has 0 radical (unpaired) electrons. The Labute approximate surface area is 115 Å². The number of hydrogen-bond donors (Lipinski definition) is 2. The quantitative estimate of drug-likeness (QED) is 0.446. The van der Waals surface area contributed by atoms with Gasteiger partial charge >= 0.3 is 11.9 Å². The molecule has 2 unspecified atom stereocenters. The zero-order valence-electron chi connectivity index (χ0n) is 12.1. The molecule has 0 aromatic heterocycles. The van der Waals surface area contributed by atoms with Crippen LogP contribution in [-0.2, 0) is 14.3 Å². The van der Waals surface area contributed by atoms with Crippen molar-refractivity contribution in [2.45, 2.75) is 77.4 Å². The van der Waals surface area contributed by atoms with Gasteiger partial charge in [-0.05, 0) is 26.2 Å². The smallest absolute Gasteiger partial charge is 0.320 e. The molecule has 19 heavy (non-hydrogen) atoms. The van der Waals surface area contributed by atoms with Crippen molar-refractivity contribution in [1.82, 2.24) is 0 Å². The molecule has 0 amide bonds.